The fourth-order valence-electron chi connectivity index (χ4n) is 2.89. The largest absolute Gasteiger partial charge is 0.352 e. The molecule has 25 heavy (non-hydrogen) atoms. The number of halogens is 1. The van der Waals surface area contributed by atoms with Gasteiger partial charge in [-0.25, -0.2) is 4.39 Å². The van der Waals surface area contributed by atoms with E-state index in [1.54, 1.807) is 12.1 Å². The summed E-state index contributed by atoms with van der Waals surface area (Å²) >= 11 is 0. The second-order valence-corrected chi connectivity index (χ2v) is 6.25. The first-order valence-electron chi connectivity index (χ1n) is 8.06. The fourth-order valence-corrected chi connectivity index (χ4v) is 2.89. The molecule has 0 radical (unpaired) electrons. The minimum absolute atomic E-state index is 0.143. The molecule has 0 aliphatic carbocycles. The molecule has 3 rings (SSSR count). The molecule has 1 heterocycles. The Hall–Kier alpha value is -2.95. The minimum atomic E-state index is -0.336. The molecule has 128 valence electrons. The standard InChI is InChI=1S/C20H19FN2O2/c1-12-7-13(2)17-10-15(20(25)23-18(17)8-12)11-22-19(24)9-14-3-5-16(21)6-4-14/h3-8,10H,9,11H2,1-2H3,(H,22,24)(H,23,25). The van der Waals surface area contributed by atoms with Gasteiger partial charge in [-0.3, -0.25) is 9.59 Å². The van der Waals surface area contributed by atoms with E-state index in [0.717, 1.165) is 27.6 Å². The average Bonchev–Trinajstić information content (AvgIpc) is 2.55. The van der Waals surface area contributed by atoms with Crippen LogP contribution in [-0.2, 0) is 17.8 Å². The summed E-state index contributed by atoms with van der Waals surface area (Å²) in [5.41, 5.74) is 3.97. The van der Waals surface area contributed by atoms with Crippen molar-refractivity contribution in [1.29, 1.82) is 0 Å². The number of carbonyl (C=O) groups is 1. The van der Waals surface area contributed by atoms with E-state index in [9.17, 15) is 14.0 Å². The number of hydrogen-bond acceptors (Lipinski definition) is 2. The third-order valence-electron chi connectivity index (χ3n) is 4.14. The highest BCUT2D eigenvalue weighted by Gasteiger charge is 2.08. The van der Waals surface area contributed by atoms with E-state index in [1.807, 2.05) is 26.0 Å². The van der Waals surface area contributed by atoms with Gasteiger partial charge in [0.1, 0.15) is 5.82 Å². The summed E-state index contributed by atoms with van der Waals surface area (Å²) in [6.45, 7) is 4.12. The quantitative estimate of drug-likeness (QED) is 0.768. The van der Waals surface area contributed by atoms with Gasteiger partial charge in [-0.2, -0.15) is 0 Å². The smallest absolute Gasteiger partial charge is 0.253 e. The van der Waals surface area contributed by atoms with Gasteiger partial charge in [-0.15, -0.1) is 0 Å². The Kier molecular flexibility index (Phi) is 4.65. The number of pyridine rings is 1. The predicted molar refractivity (Wildman–Crippen MR) is 96.0 cm³/mol. The van der Waals surface area contributed by atoms with Crippen molar-refractivity contribution in [1.82, 2.24) is 10.3 Å². The van der Waals surface area contributed by atoms with E-state index >= 15 is 0 Å². The van der Waals surface area contributed by atoms with Gasteiger partial charge in [0.05, 0.1) is 6.42 Å². The molecule has 1 amide bonds. The third-order valence-corrected chi connectivity index (χ3v) is 4.14. The molecule has 0 bridgehead atoms. The second kappa shape index (κ2) is 6.89. The Morgan fingerprint density at radius 2 is 1.84 bits per heavy atom. The highest BCUT2D eigenvalue weighted by Crippen LogP contribution is 2.18. The maximum absolute atomic E-state index is 12.9. The third kappa shape index (κ3) is 3.94. The van der Waals surface area contributed by atoms with Crippen molar-refractivity contribution < 1.29 is 9.18 Å². The van der Waals surface area contributed by atoms with Crippen LogP contribution in [0.5, 0.6) is 0 Å². The van der Waals surface area contributed by atoms with Gasteiger partial charge in [0, 0.05) is 23.0 Å². The van der Waals surface area contributed by atoms with Gasteiger partial charge in [-0.1, -0.05) is 18.2 Å². The van der Waals surface area contributed by atoms with Crippen LogP contribution in [0.4, 0.5) is 4.39 Å². The fraction of sp³-hybridized carbons (Fsp3) is 0.200. The Balaban J connectivity index is 1.74. The molecule has 0 saturated heterocycles. The molecular weight excluding hydrogens is 319 g/mol. The topological polar surface area (TPSA) is 62.0 Å². The summed E-state index contributed by atoms with van der Waals surface area (Å²) < 4.78 is 12.9. The maximum Gasteiger partial charge on any atom is 0.253 e. The lowest BCUT2D eigenvalue weighted by Crippen LogP contribution is -2.28. The number of amides is 1. The number of benzene rings is 2. The summed E-state index contributed by atoms with van der Waals surface area (Å²) in [7, 11) is 0. The zero-order chi connectivity index (χ0) is 18.0. The minimum Gasteiger partial charge on any atom is -0.352 e. The number of aryl methyl sites for hydroxylation is 2. The first kappa shape index (κ1) is 16.9. The number of aromatic amines is 1. The molecule has 2 aromatic carbocycles. The van der Waals surface area contributed by atoms with E-state index in [-0.39, 0.29) is 30.2 Å². The van der Waals surface area contributed by atoms with Crippen LogP contribution in [-0.4, -0.2) is 10.9 Å². The maximum atomic E-state index is 12.9. The average molecular weight is 338 g/mol. The lowest BCUT2D eigenvalue weighted by Gasteiger charge is -2.09. The van der Waals surface area contributed by atoms with Crippen LogP contribution in [0.2, 0.25) is 0 Å². The predicted octanol–water partition coefficient (Wildman–Crippen LogP) is 3.14. The van der Waals surface area contributed by atoms with Crippen molar-refractivity contribution in [3.63, 3.8) is 0 Å². The van der Waals surface area contributed by atoms with Crippen molar-refractivity contribution in [3.05, 3.63) is 80.9 Å². The summed E-state index contributed by atoms with van der Waals surface area (Å²) in [6, 6.07) is 11.6. The molecule has 0 spiro atoms. The van der Waals surface area contributed by atoms with Crippen molar-refractivity contribution in [3.8, 4) is 0 Å². The van der Waals surface area contributed by atoms with E-state index in [4.69, 9.17) is 0 Å². The Labute approximate surface area is 144 Å². The monoisotopic (exact) mass is 338 g/mol. The molecule has 3 aromatic rings. The summed E-state index contributed by atoms with van der Waals surface area (Å²) in [5, 5.41) is 3.71. The number of aromatic nitrogens is 1. The first-order chi connectivity index (χ1) is 11.9. The molecule has 0 fully saturated rings. The van der Waals surface area contributed by atoms with Gasteiger partial charge in [0.15, 0.2) is 0 Å². The van der Waals surface area contributed by atoms with Gasteiger partial charge >= 0.3 is 0 Å². The van der Waals surface area contributed by atoms with E-state index in [2.05, 4.69) is 16.4 Å². The Morgan fingerprint density at radius 1 is 1.12 bits per heavy atom. The SMILES string of the molecule is Cc1cc(C)c2cc(CNC(=O)Cc3ccc(F)cc3)c(=O)[nH]c2c1. The molecular formula is C20H19FN2O2. The van der Waals surface area contributed by atoms with E-state index < -0.39 is 0 Å². The van der Waals surface area contributed by atoms with Crippen LogP contribution >= 0.6 is 0 Å². The van der Waals surface area contributed by atoms with Crippen LogP contribution in [0.25, 0.3) is 10.9 Å². The number of rotatable bonds is 4. The molecule has 4 nitrogen and oxygen atoms in total. The molecule has 0 aliphatic heterocycles. The zero-order valence-corrected chi connectivity index (χ0v) is 14.2. The summed E-state index contributed by atoms with van der Waals surface area (Å²) in [4.78, 5) is 27.1. The highest BCUT2D eigenvalue weighted by atomic mass is 19.1. The van der Waals surface area contributed by atoms with Gasteiger partial charge in [0.25, 0.3) is 5.56 Å². The van der Waals surface area contributed by atoms with Crippen LogP contribution in [0.1, 0.15) is 22.3 Å². The lowest BCUT2D eigenvalue weighted by molar-refractivity contribution is -0.120. The normalized spacial score (nSPS) is 10.8. The van der Waals surface area contributed by atoms with Crippen LogP contribution in [0.15, 0.2) is 47.3 Å². The molecule has 1 aromatic heterocycles. The Morgan fingerprint density at radius 3 is 2.56 bits per heavy atom. The highest BCUT2D eigenvalue weighted by molar-refractivity contribution is 5.83. The van der Waals surface area contributed by atoms with Gasteiger partial charge in [0.2, 0.25) is 5.91 Å². The zero-order valence-electron chi connectivity index (χ0n) is 14.2. The second-order valence-electron chi connectivity index (χ2n) is 6.25. The molecule has 5 heteroatoms. The molecule has 0 unspecified atom stereocenters. The van der Waals surface area contributed by atoms with E-state index in [1.165, 1.54) is 12.1 Å². The van der Waals surface area contributed by atoms with Crippen molar-refractivity contribution in [2.75, 3.05) is 0 Å². The van der Waals surface area contributed by atoms with Crippen LogP contribution in [0.3, 0.4) is 0 Å². The number of carbonyl (C=O) groups excluding carboxylic acids is 1. The number of nitrogens with one attached hydrogen (secondary N) is 2. The first-order valence-corrected chi connectivity index (χ1v) is 8.06. The Bertz CT molecular complexity index is 991. The lowest BCUT2D eigenvalue weighted by atomic mass is 10.0. The number of H-pyrrole nitrogens is 1. The molecule has 2 N–H and O–H groups in total. The number of fused-ring (bicyclic) bond motifs is 1. The van der Waals surface area contributed by atoms with Gasteiger partial charge in [-0.05, 0) is 54.8 Å². The van der Waals surface area contributed by atoms with Crippen molar-refractivity contribution in [2.24, 2.45) is 0 Å². The summed E-state index contributed by atoms with van der Waals surface area (Å²) in [6.07, 6.45) is 0.143. The molecule has 0 aliphatic rings. The summed E-state index contributed by atoms with van der Waals surface area (Å²) in [5.74, 6) is -0.552. The molecule has 0 atom stereocenters. The molecule has 0 saturated carbocycles. The van der Waals surface area contributed by atoms with Crippen molar-refractivity contribution >= 4 is 16.8 Å². The van der Waals surface area contributed by atoms with E-state index in [0.29, 0.717) is 5.56 Å². The van der Waals surface area contributed by atoms with Crippen LogP contribution < -0.4 is 10.9 Å². The van der Waals surface area contributed by atoms with Gasteiger partial charge < -0.3 is 10.3 Å². The number of hydrogen-bond donors (Lipinski definition) is 2. The van der Waals surface area contributed by atoms with Crippen LogP contribution in [0, 0.1) is 19.7 Å². The van der Waals surface area contributed by atoms with Crippen molar-refractivity contribution in [2.45, 2.75) is 26.8 Å².